The number of carbonyl (C=O) groups excluding carboxylic acids is 1. The highest BCUT2D eigenvalue weighted by molar-refractivity contribution is 7.23. The summed E-state index contributed by atoms with van der Waals surface area (Å²) in [6, 6.07) is 8.98. The van der Waals surface area contributed by atoms with Crippen molar-refractivity contribution in [2.75, 3.05) is 6.54 Å². The monoisotopic (exact) mass is 586 g/mol. The molecule has 5 heteroatoms. The van der Waals surface area contributed by atoms with Crippen molar-refractivity contribution in [2.24, 2.45) is 5.92 Å². The smallest absolute Gasteiger partial charge is 0.139 e. The summed E-state index contributed by atoms with van der Waals surface area (Å²) in [6.07, 6.45) is 18.0. The van der Waals surface area contributed by atoms with Crippen molar-refractivity contribution in [3.63, 3.8) is 0 Å². The predicted molar refractivity (Wildman–Crippen MR) is 186 cm³/mol. The van der Waals surface area contributed by atoms with E-state index in [1.165, 1.54) is 27.5 Å². The zero-order chi connectivity index (χ0) is 30.8. The minimum Gasteiger partial charge on any atom is -0.309 e. The van der Waals surface area contributed by atoms with E-state index in [9.17, 15) is 4.79 Å². The van der Waals surface area contributed by atoms with Gasteiger partial charge >= 0.3 is 0 Å². The minimum absolute atomic E-state index is 0.208. The molecule has 2 N–H and O–H groups in total. The van der Waals surface area contributed by atoms with Gasteiger partial charge in [0.15, 0.2) is 0 Å². The van der Waals surface area contributed by atoms with Crippen LogP contribution in [0.1, 0.15) is 124 Å². The molecule has 2 aromatic heterocycles. The summed E-state index contributed by atoms with van der Waals surface area (Å²) in [7, 11) is 0. The van der Waals surface area contributed by atoms with Crippen molar-refractivity contribution < 1.29 is 4.79 Å². The average Bonchev–Trinajstić information content (AvgIpc) is 3.67. The van der Waals surface area contributed by atoms with Gasteiger partial charge in [-0.05, 0) is 70.0 Å². The summed E-state index contributed by atoms with van der Waals surface area (Å²) in [5.74, 6) is 0.545. The summed E-state index contributed by atoms with van der Waals surface area (Å²) >= 11 is 3.53. The molecule has 0 radical (unpaired) electrons. The quantitative estimate of drug-likeness (QED) is 0.171. The van der Waals surface area contributed by atoms with Gasteiger partial charge in [-0.2, -0.15) is 0 Å². The number of unbranched alkanes of at least 4 members (excludes halogenated alkanes) is 1. The molecule has 0 bridgehead atoms. The van der Waals surface area contributed by atoms with Gasteiger partial charge in [-0.15, -0.1) is 22.7 Å². The fraction of sp³-hybridized carbons (Fsp3) is 0.543. The van der Waals surface area contributed by atoms with E-state index in [0.29, 0.717) is 24.0 Å². The molecule has 40 heavy (non-hydrogen) atoms. The second kappa shape index (κ2) is 27.1. The number of hydrogen-bond acceptors (Lipinski definition) is 5. The van der Waals surface area contributed by atoms with E-state index in [0.717, 1.165) is 30.7 Å². The topological polar surface area (TPSA) is 53.0 Å². The molecular formula is C35H58N2OS2. The Balaban J connectivity index is 0. The Labute approximate surface area is 255 Å². The van der Waals surface area contributed by atoms with Crippen LogP contribution in [0.3, 0.4) is 0 Å². The molecule has 0 saturated carbocycles. The SMILES string of the molecule is C/C=C\C(=N)c1ccc(-c2ccc(C(C)NCCC)s2)s1.CC.CC/C=C\C=C/CC(=O)C(C)CC.CCCC. The second-order valence-corrected chi connectivity index (χ2v) is 11.4. The van der Waals surface area contributed by atoms with E-state index >= 15 is 0 Å². The Bertz CT molecular complexity index is 979. The van der Waals surface area contributed by atoms with Gasteiger partial charge in [0.2, 0.25) is 0 Å². The predicted octanol–water partition coefficient (Wildman–Crippen LogP) is 11.8. The van der Waals surface area contributed by atoms with Crippen LogP contribution in [0.5, 0.6) is 0 Å². The van der Waals surface area contributed by atoms with Crippen molar-refractivity contribution in [3.8, 4) is 9.75 Å². The molecule has 2 atom stereocenters. The van der Waals surface area contributed by atoms with Crippen molar-refractivity contribution in [1.82, 2.24) is 5.32 Å². The lowest BCUT2D eigenvalue weighted by atomic mass is 10.0. The molecule has 2 heterocycles. The number of Topliss-reactive ketones (excluding diaryl/α,β-unsaturated/α-hetero) is 1. The molecule has 0 fully saturated rings. The van der Waals surface area contributed by atoms with Crippen molar-refractivity contribution >= 4 is 34.2 Å². The maximum absolute atomic E-state index is 11.3. The lowest BCUT2D eigenvalue weighted by Gasteiger charge is -2.10. The molecule has 0 aliphatic rings. The van der Waals surface area contributed by atoms with Crippen molar-refractivity contribution in [3.05, 3.63) is 70.5 Å². The summed E-state index contributed by atoms with van der Waals surface area (Å²) in [6.45, 7) is 21.9. The van der Waals surface area contributed by atoms with Gasteiger partial charge in [0, 0.05) is 33.0 Å². The number of rotatable bonds is 14. The third-order valence-corrected chi connectivity index (χ3v) is 8.38. The molecule has 0 spiro atoms. The zero-order valence-corrected chi connectivity index (χ0v) is 28.7. The molecule has 0 aliphatic heterocycles. The van der Waals surface area contributed by atoms with E-state index in [1.54, 1.807) is 11.3 Å². The number of allylic oxidation sites excluding steroid dienone is 6. The fourth-order valence-electron chi connectivity index (χ4n) is 2.95. The Morgan fingerprint density at radius 1 is 0.900 bits per heavy atom. The first-order chi connectivity index (χ1) is 19.3. The molecule has 2 rings (SSSR count). The molecule has 0 aromatic carbocycles. The van der Waals surface area contributed by atoms with Crippen LogP contribution in [-0.4, -0.2) is 18.0 Å². The normalized spacial score (nSPS) is 12.2. The highest BCUT2D eigenvalue weighted by Crippen LogP contribution is 2.35. The Kier molecular flexibility index (Phi) is 27.1. The maximum Gasteiger partial charge on any atom is 0.139 e. The summed E-state index contributed by atoms with van der Waals surface area (Å²) in [4.78, 5) is 16.3. The Morgan fingerprint density at radius 3 is 2.05 bits per heavy atom. The highest BCUT2D eigenvalue weighted by atomic mass is 32.1. The van der Waals surface area contributed by atoms with E-state index in [-0.39, 0.29) is 5.92 Å². The van der Waals surface area contributed by atoms with Crippen molar-refractivity contribution in [1.29, 1.82) is 5.41 Å². The molecule has 2 aromatic rings. The summed E-state index contributed by atoms with van der Waals surface area (Å²) in [5, 5.41) is 11.5. The van der Waals surface area contributed by atoms with Crippen LogP contribution in [-0.2, 0) is 4.79 Å². The number of carbonyl (C=O) groups is 1. The fourth-order valence-corrected chi connectivity index (χ4v) is 5.01. The van der Waals surface area contributed by atoms with E-state index in [2.05, 4.69) is 64.2 Å². The number of thiophene rings is 2. The van der Waals surface area contributed by atoms with Gasteiger partial charge in [-0.1, -0.05) is 98.6 Å². The first kappa shape index (κ1) is 40.1. The van der Waals surface area contributed by atoms with Gasteiger partial charge in [0.25, 0.3) is 0 Å². The minimum atomic E-state index is 0.208. The number of ketones is 1. The van der Waals surface area contributed by atoms with Crippen LogP contribution in [0.15, 0.2) is 60.7 Å². The largest absolute Gasteiger partial charge is 0.309 e. The van der Waals surface area contributed by atoms with Crippen LogP contribution in [0.2, 0.25) is 0 Å². The second-order valence-electron chi connectivity index (χ2n) is 9.20. The molecule has 0 aliphatic carbocycles. The first-order valence-corrected chi connectivity index (χ1v) is 16.9. The first-order valence-electron chi connectivity index (χ1n) is 15.3. The number of hydrogen-bond donors (Lipinski definition) is 2. The summed E-state index contributed by atoms with van der Waals surface area (Å²) in [5.41, 5.74) is 0.587. The van der Waals surface area contributed by atoms with Crippen LogP contribution in [0.4, 0.5) is 0 Å². The lowest BCUT2D eigenvalue weighted by molar-refractivity contribution is -0.121. The lowest BCUT2D eigenvalue weighted by Crippen LogP contribution is -2.18. The Hall–Kier alpha value is -2.08. The number of nitrogens with one attached hydrogen (secondary N) is 2. The average molecular weight is 587 g/mol. The van der Waals surface area contributed by atoms with Gasteiger partial charge in [0.05, 0.1) is 10.6 Å². The standard InChI is InChI=1S/C17H22N2S2.C12H20O.C4H10.C2H6/c1-4-6-13(18)15-8-10-17(21-15)16-9-7-14(20-16)12(3)19-11-5-2;1-4-6-7-8-9-10-12(13)11(3)5-2;1-3-4-2;1-2/h4,6-10,12,18-19H,5,11H2,1-3H3;6-9,11H,4-5,10H2,1-3H3;3-4H2,1-2H3;1-2H3/b6-4-,18-13?;7-6-,9-8-;;. The van der Waals surface area contributed by atoms with Gasteiger partial charge < -0.3 is 5.32 Å². The van der Waals surface area contributed by atoms with Crippen LogP contribution < -0.4 is 5.32 Å². The maximum atomic E-state index is 11.3. The molecule has 226 valence electrons. The zero-order valence-electron chi connectivity index (χ0n) is 27.1. The molecule has 0 saturated heterocycles. The Morgan fingerprint density at radius 2 is 1.50 bits per heavy atom. The van der Waals surface area contributed by atoms with Crippen molar-refractivity contribution in [2.45, 2.75) is 114 Å². The van der Waals surface area contributed by atoms with Crippen LogP contribution in [0, 0.1) is 11.3 Å². The highest BCUT2D eigenvalue weighted by Gasteiger charge is 2.11. The van der Waals surface area contributed by atoms with Crippen LogP contribution >= 0.6 is 22.7 Å². The van der Waals surface area contributed by atoms with Gasteiger partial charge in [0.1, 0.15) is 5.78 Å². The van der Waals surface area contributed by atoms with Gasteiger partial charge in [-0.3, -0.25) is 10.2 Å². The third-order valence-electron chi connectivity index (χ3n) is 5.80. The van der Waals surface area contributed by atoms with E-state index < -0.39 is 0 Å². The molecule has 0 amide bonds. The van der Waals surface area contributed by atoms with E-state index in [1.807, 2.05) is 82.4 Å². The summed E-state index contributed by atoms with van der Waals surface area (Å²) < 4.78 is 0. The molecular weight excluding hydrogens is 529 g/mol. The molecule has 3 nitrogen and oxygen atoms in total. The third kappa shape index (κ3) is 18.3. The molecule has 2 unspecified atom stereocenters. The van der Waals surface area contributed by atoms with E-state index in [4.69, 9.17) is 5.41 Å². The van der Waals surface area contributed by atoms with Gasteiger partial charge in [-0.25, -0.2) is 0 Å². The van der Waals surface area contributed by atoms with Crippen LogP contribution in [0.25, 0.3) is 9.75 Å².